The van der Waals surface area contributed by atoms with Crippen molar-refractivity contribution in [3.05, 3.63) is 36.7 Å². The quantitative estimate of drug-likeness (QED) is 0.758. The molecule has 3 rings (SSSR count). The number of hydrogen-bond donors (Lipinski definition) is 0. The van der Waals surface area contributed by atoms with Crippen LogP contribution in [-0.2, 0) is 9.73 Å². The number of aromatic nitrogens is 1. The number of pyridine rings is 1. The third-order valence-electron chi connectivity index (χ3n) is 2.84. The van der Waals surface area contributed by atoms with Crippen LogP contribution in [0.25, 0.3) is 10.8 Å². The van der Waals surface area contributed by atoms with E-state index in [0.717, 1.165) is 34.4 Å². The fraction of sp³-hybridized carbons (Fsp3) is 0.250. The third-order valence-corrected chi connectivity index (χ3v) is 5.22. The highest BCUT2D eigenvalue weighted by Crippen LogP contribution is 2.28. The van der Waals surface area contributed by atoms with Crippen molar-refractivity contribution in [2.75, 3.05) is 11.5 Å². The predicted octanol–water partition coefficient (Wildman–Crippen LogP) is 2.74. The first-order chi connectivity index (χ1) is 7.77. The number of hydrogen-bond acceptors (Lipinski definition) is 3. The fourth-order valence-electron chi connectivity index (χ4n) is 1.84. The van der Waals surface area contributed by atoms with E-state index >= 15 is 0 Å². The smallest absolute Gasteiger partial charge is 0.0991 e. The van der Waals surface area contributed by atoms with Gasteiger partial charge >= 0.3 is 0 Å². The Morgan fingerprint density at radius 1 is 1.19 bits per heavy atom. The van der Waals surface area contributed by atoms with Crippen molar-refractivity contribution in [3.63, 3.8) is 0 Å². The predicted molar refractivity (Wildman–Crippen MR) is 66.3 cm³/mol. The summed E-state index contributed by atoms with van der Waals surface area (Å²) in [6.07, 6.45) is 4.54. The molecule has 4 heteroatoms. The van der Waals surface area contributed by atoms with Crippen molar-refractivity contribution in [2.24, 2.45) is 4.36 Å². The van der Waals surface area contributed by atoms with Crippen LogP contribution in [0.1, 0.15) is 6.42 Å². The first-order valence-electron chi connectivity index (χ1n) is 5.32. The summed E-state index contributed by atoms with van der Waals surface area (Å²) in [7, 11) is -1.95. The number of benzene rings is 1. The summed E-state index contributed by atoms with van der Waals surface area (Å²) in [6.45, 7) is 0. The van der Waals surface area contributed by atoms with E-state index in [0.29, 0.717) is 0 Å². The lowest BCUT2D eigenvalue weighted by Gasteiger charge is -2.18. The molecule has 0 N–H and O–H groups in total. The molecule has 1 aromatic heterocycles. The van der Waals surface area contributed by atoms with E-state index in [2.05, 4.69) is 9.35 Å². The second-order valence-corrected chi connectivity index (χ2v) is 6.55. The highest BCUT2D eigenvalue weighted by Gasteiger charge is 2.19. The van der Waals surface area contributed by atoms with Gasteiger partial charge in [0.15, 0.2) is 0 Å². The molecule has 0 aliphatic carbocycles. The van der Waals surface area contributed by atoms with Crippen LogP contribution in [-0.4, -0.2) is 20.7 Å². The molecule has 0 unspecified atom stereocenters. The zero-order valence-corrected chi connectivity index (χ0v) is 9.61. The zero-order valence-electron chi connectivity index (χ0n) is 8.80. The molecule has 1 fully saturated rings. The average Bonchev–Trinajstić information content (AvgIpc) is 2.27. The lowest BCUT2D eigenvalue weighted by atomic mass is 10.1. The maximum absolute atomic E-state index is 12.1. The van der Waals surface area contributed by atoms with Gasteiger partial charge in [0, 0.05) is 28.5 Å². The van der Waals surface area contributed by atoms with Gasteiger partial charge < -0.3 is 0 Å². The lowest BCUT2D eigenvalue weighted by molar-refractivity contribution is 0.663. The number of fused-ring (bicyclic) bond motifs is 1. The molecule has 1 aliphatic rings. The highest BCUT2D eigenvalue weighted by molar-refractivity contribution is 7.95. The van der Waals surface area contributed by atoms with Gasteiger partial charge in [-0.3, -0.25) is 4.98 Å². The minimum atomic E-state index is -1.95. The molecule has 0 amide bonds. The summed E-state index contributed by atoms with van der Waals surface area (Å²) in [6, 6.07) is 7.93. The maximum atomic E-state index is 12.1. The Morgan fingerprint density at radius 2 is 2.00 bits per heavy atom. The molecule has 1 aliphatic heterocycles. The molecule has 3 nitrogen and oxygen atoms in total. The van der Waals surface area contributed by atoms with Crippen LogP contribution in [0.3, 0.4) is 0 Å². The van der Waals surface area contributed by atoms with Gasteiger partial charge in [-0.2, -0.15) is 4.36 Å². The third kappa shape index (κ3) is 1.59. The van der Waals surface area contributed by atoms with Gasteiger partial charge in [-0.25, -0.2) is 4.21 Å². The normalized spacial score (nSPS) is 18.0. The average molecular weight is 232 g/mol. The van der Waals surface area contributed by atoms with Crippen molar-refractivity contribution in [1.82, 2.24) is 4.98 Å². The van der Waals surface area contributed by atoms with Crippen LogP contribution in [0.5, 0.6) is 0 Å². The second-order valence-electron chi connectivity index (χ2n) is 4.01. The van der Waals surface area contributed by atoms with Crippen LogP contribution in [0.2, 0.25) is 0 Å². The first kappa shape index (κ1) is 9.78. The molecule has 0 saturated carbocycles. The second kappa shape index (κ2) is 3.56. The van der Waals surface area contributed by atoms with Crippen molar-refractivity contribution < 1.29 is 4.21 Å². The highest BCUT2D eigenvalue weighted by atomic mass is 32.2. The lowest BCUT2D eigenvalue weighted by Crippen LogP contribution is -2.22. The van der Waals surface area contributed by atoms with Crippen molar-refractivity contribution >= 4 is 26.2 Å². The summed E-state index contributed by atoms with van der Waals surface area (Å²) < 4.78 is 16.4. The number of rotatable bonds is 1. The molecule has 0 spiro atoms. The molecule has 0 radical (unpaired) electrons. The summed E-state index contributed by atoms with van der Waals surface area (Å²) >= 11 is 0. The first-order valence-corrected chi connectivity index (χ1v) is 7.17. The van der Waals surface area contributed by atoms with E-state index in [-0.39, 0.29) is 0 Å². The summed E-state index contributed by atoms with van der Waals surface area (Å²) in [4.78, 5) is 4.14. The van der Waals surface area contributed by atoms with Crippen LogP contribution in [0.4, 0.5) is 5.69 Å². The Morgan fingerprint density at radius 3 is 2.75 bits per heavy atom. The van der Waals surface area contributed by atoms with Gasteiger partial charge in [0.05, 0.1) is 21.6 Å². The van der Waals surface area contributed by atoms with Gasteiger partial charge in [0.2, 0.25) is 0 Å². The van der Waals surface area contributed by atoms with Crippen molar-refractivity contribution in [3.8, 4) is 0 Å². The molecule has 1 aromatic carbocycles. The zero-order chi connectivity index (χ0) is 11.0. The van der Waals surface area contributed by atoms with Gasteiger partial charge in [0.1, 0.15) is 0 Å². The van der Waals surface area contributed by atoms with Crippen LogP contribution in [0, 0.1) is 0 Å². The van der Waals surface area contributed by atoms with Gasteiger partial charge in [0.25, 0.3) is 0 Å². The molecule has 16 heavy (non-hydrogen) atoms. The fourth-order valence-corrected chi connectivity index (χ4v) is 3.30. The topological polar surface area (TPSA) is 42.3 Å². The molecule has 0 atom stereocenters. The number of nitrogens with zero attached hydrogens (tertiary/aromatic N) is 2. The van der Waals surface area contributed by atoms with E-state index in [1.165, 1.54) is 0 Å². The van der Waals surface area contributed by atoms with E-state index in [9.17, 15) is 4.21 Å². The van der Waals surface area contributed by atoms with E-state index in [1.807, 2.05) is 30.5 Å². The standard InChI is InChI=1S/C12H12N2OS/c15-16(6-3-7-16)14-12-9-13-8-10-4-1-2-5-11(10)12/h1-2,4-5,8-9H,3,6-7H2. The van der Waals surface area contributed by atoms with E-state index in [4.69, 9.17) is 0 Å². The summed E-state index contributed by atoms with van der Waals surface area (Å²) in [5, 5.41) is 2.08. The molecule has 2 heterocycles. The SMILES string of the molecule is O=S1(=Nc2cncc3ccccc23)CCC1. The Kier molecular flexibility index (Phi) is 2.17. The minimum Gasteiger partial charge on any atom is -0.262 e. The van der Waals surface area contributed by atoms with Gasteiger partial charge in [-0.15, -0.1) is 0 Å². The Labute approximate surface area is 94.7 Å². The van der Waals surface area contributed by atoms with Gasteiger partial charge in [-0.05, 0) is 6.42 Å². The van der Waals surface area contributed by atoms with E-state index in [1.54, 1.807) is 6.20 Å². The van der Waals surface area contributed by atoms with Crippen LogP contribution >= 0.6 is 0 Å². The Bertz CT molecular complexity index is 642. The Hall–Kier alpha value is -1.42. The molecule has 0 bridgehead atoms. The van der Waals surface area contributed by atoms with Crippen molar-refractivity contribution in [1.29, 1.82) is 0 Å². The van der Waals surface area contributed by atoms with Gasteiger partial charge in [-0.1, -0.05) is 24.3 Å². The molecular weight excluding hydrogens is 220 g/mol. The Balaban J connectivity index is 2.24. The maximum Gasteiger partial charge on any atom is 0.0991 e. The molecule has 2 aromatic rings. The molecule has 82 valence electrons. The van der Waals surface area contributed by atoms with E-state index < -0.39 is 9.73 Å². The molecular formula is C12H12N2OS. The molecule has 1 saturated heterocycles. The summed E-state index contributed by atoms with van der Waals surface area (Å²) in [5.41, 5.74) is 0.766. The summed E-state index contributed by atoms with van der Waals surface area (Å²) in [5.74, 6) is 1.46. The van der Waals surface area contributed by atoms with Crippen LogP contribution in [0.15, 0.2) is 41.0 Å². The van der Waals surface area contributed by atoms with Crippen LogP contribution < -0.4 is 0 Å². The monoisotopic (exact) mass is 232 g/mol. The largest absolute Gasteiger partial charge is 0.262 e. The minimum absolute atomic E-state index is 0.732. The van der Waals surface area contributed by atoms with Crippen molar-refractivity contribution in [2.45, 2.75) is 6.42 Å².